The SMILES string of the molecule is CCCCCCCCCCCOC(=O)CCCCCNC(=O)[O-].CCCCCCCCCCCOC(=O)CCCCC[NH3+]. The van der Waals surface area contributed by atoms with Crippen molar-refractivity contribution in [1.29, 1.82) is 0 Å². The number of carboxylic acid groups (broad SMARTS) is 1. The van der Waals surface area contributed by atoms with Crippen molar-refractivity contribution in [3.8, 4) is 0 Å². The number of nitrogens with one attached hydrogen (secondary N) is 1. The summed E-state index contributed by atoms with van der Waals surface area (Å²) in [5.74, 6) is -0.161. The van der Waals surface area contributed by atoms with E-state index in [0.29, 0.717) is 32.6 Å². The highest BCUT2D eigenvalue weighted by atomic mass is 16.5. The van der Waals surface area contributed by atoms with E-state index in [1.807, 2.05) is 0 Å². The van der Waals surface area contributed by atoms with Gasteiger partial charge in [0.1, 0.15) is 6.09 Å². The summed E-state index contributed by atoms with van der Waals surface area (Å²) >= 11 is 0. The number of hydrogen-bond acceptors (Lipinski definition) is 6. The van der Waals surface area contributed by atoms with Gasteiger partial charge in [-0.1, -0.05) is 123 Å². The van der Waals surface area contributed by atoms with Crippen LogP contribution in [0.3, 0.4) is 0 Å². The second kappa shape index (κ2) is 38.2. The monoisotopic (exact) mass is 615 g/mol. The Morgan fingerprint density at radius 2 is 0.860 bits per heavy atom. The van der Waals surface area contributed by atoms with Crippen molar-refractivity contribution >= 4 is 18.0 Å². The zero-order valence-corrected chi connectivity index (χ0v) is 28.4. The lowest BCUT2D eigenvalue weighted by atomic mass is 10.1. The predicted molar refractivity (Wildman–Crippen MR) is 174 cm³/mol. The van der Waals surface area contributed by atoms with E-state index in [1.54, 1.807) is 0 Å². The molecule has 0 radical (unpaired) electrons. The third-order valence-electron chi connectivity index (χ3n) is 7.48. The van der Waals surface area contributed by atoms with Crippen molar-refractivity contribution in [2.24, 2.45) is 0 Å². The van der Waals surface area contributed by atoms with E-state index < -0.39 is 6.09 Å². The van der Waals surface area contributed by atoms with Crippen LogP contribution in [0.1, 0.15) is 181 Å². The molecule has 0 rings (SSSR count). The summed E-state index contributed by atoms with van der Waals surface area (Å²) in [6.07, 6.45) is 28.2. The van der Waals surface area contributed by atoms with E-state index in [2.05, 4.69) is 24.9 Å². The zero-order chi connectivity index (χ0) is 32.1. The van der Waals surface area contributed by atoms with Crippen LogP contribution in [0.5, 0.6) is 0 Å². The lowest BCUT2D eigenvalue weighted by molar-refractivity contribution is -0.368. The summed E-state index contributed by atoms with van der Waals surface area (Å²) in [4.78, 5) is 33.0. The van der Waals surface area contributed by atoms with E-state index >= 15 is 0 Å². The maximum absolute atomic E-state index is 11.5. The summed E-state index contributed by atoms with van der Waals surface area (Å²) < 4.78 is 10.4. The Labute approximate surface area is 265 Å². The van der Waals surface area contributed by atoms with Crippen molar-refractivity contribution in [2.75, 3.05) is 26.3 Å². The molecule has 0 fully saturated rings. The van der Waals surface area contributed by atoms with Gasteiger partial charge in [0.05, 0.1) is 19.8 Å². The molecule has 8 heteroatoms. The third kappa shape index (κ3) is 42.4. The molecule has 4 N–H and O–H groups in total. The van der Waals surface area contributed by atoms with Crippen molar-refractivity contribution in [3.05, 3.63) is 0 Å². The van der Waals surface area contributed by atoms with Crippen molar-refractivity contribution < 1.29 is 34.7 Å². The van der Waals surface area contributed by atoms with E-state index in [9.17, 15) is 19.5 Å². The number of hydrogen-bond donors (Lipinski definition) is 2. The van der Waals surface area contributed by atoms with E-state index in [-0.39, 0.29) is 11.9 Å². The van der Waals surface area contributed by atoms with Gasteiger partial charge in [0.25, 0.3) is 0 Å². The van der Waals surface area contributed by atoms with E-state index in [0.717, 1.165) is 64.3 Å². The molecule has 0 saturated heterocycles. The average molecular weight is 615 g/mol. The first-order valence-electron chi connectivity index (χ1n) is 18.0. The van der Waals surface area contributed by atoms with Gasteiger partial charge in [-0.05, 0) is 44.9 Å². The van der Waals surface area contributed by atoms with Crippen LogP contribution in [0, 0.1) is 0 Å². The maximum Gasteiger partial charge on any atom is 0.305 e. The van der Waals surface area contributed by atoms with Crippen LogP contribution in [0.2, 0.25) is 0 Å². The lowest BCUT2D eigenvalue weighted by Gasteiger charge is -2.06. The summed E-state index contributed by atoms with van der Waals surface area (Å²) in [5.41, 5.74) is 3.79. The van der Waals surface area contributed by atoms with Gasteiger partial charge in [-0.25, -0.2) is 0 Å². The second-order valence-electron chi connectivity index (χ2n) is 11.8. The molecule has 256 valence electrons. The highest BCUT2D eigenvalue weighted by Gasteiger charge is 2.03. The Kier molecular flexibility index (Phi) is 38.5. The number of ether oxygens (including phenoxy) is 2. The summed E-state index contributed by atoms with van der Waals surface area (Å²) in [7, 11) is 0. The minimum absolute atomic E-state index is 0.0198. The van der Waals surface area contributed by atoms with Gasteiger partial charge in [0.2, 0.25) is 0 Å². The Morgan fingerprint density at radius 1 is 0.512 bits per heavy atom. The van der Waals surface area contributed by atoms with E-state index in [1.165, 1.54) is 96.3 Å². The van der Waals surface area contributed by atoms with Crippen LogP contribution in [0.4, 0.5) is 4.79 Å². The van der Waals surface area contributed by atoms with E-state index in [4.69, 9.17) is 9.47 Å². The Bertz CT molecular complexity index is 603. The molecule has 8 nitrogen and oxygen atoms in total. The molecule has 0 unspecified atom stereocenters. The molecule has 0 aromatic carbocycles. The van der Waals surface area contributed by atoms with Crippen LogP contribution in [0.15, 0.2) is 0 Å². The highest BCUT2D eigenvalue weighted by molar-refractivity contribution is 5.69. The lowest BCUT2D eigenvalue weighted by Crippen LogP contribution is -2.50. The van der Waals surface area contributed by atoms with Crippen molar-refractivity contribution in [3.63, 3.8) is 0 Å². The van der Waals surface area contributed by atoms with Crippen molar-refractivity contribution in [1.82, 2.24) is 5.32 Å². The average Bonchev–Trinajstić information content (AvgIpc) is 2.99. The Hall–Kier alpha value is -1.83. The molecule has 0 spiro atoms. The molecule has 0 aromatic heterocycles. The second-order valence-corrected chi connectivity index (χ2v) is 11.8. The number of rotatable bonds is 31. The Morgan fingerprint density at radius 3 is 1.23 bits per heavy atom. The van der Waals surface area contributed by atoms with Gasteiger partial charge in [-0.2, -0.15) is 0 Å². The van der Waals surface area contributed by atoms with Gasteiger partial charge in [-0.15, -0.1) is 0 Å². The summed E-state index contributed by atoms with van der Waals surface area (Å²) in [6.45, 7) is 6.98. The summed E-state index contributed by atoms with van der Waals surface area (Å²) in [6, 6.07) is 0. The smallest absolute Gasteiger partial charge is 0.305 e. The van der Waals surface area contributed by atoms with Crippen LogP contribution in [-0.2, 0) is 19.1 Å². The standard InChI is InChI=1S/C18H35NO4.C17H35NO2/c1-2-3-4-5-6-7-8-9-13-16-23-17(20)14-11-10-12-15-19-18(21)22;1-2-3-4-5-6-7-8-9-13-16-20-17(19)14-11-10-12-15-18/h19H,2-16H2,1H3,(H,21,22);2-16,18H2,1H3. The van der Waals surface area contributed by atoms with Crippen LogP contribution < -0.4 is 16.2 Å². The van der Waals surface area contributed by atoms with Crippen molar-refractivity contribution in [2.45, 2.75) is 181 Å². The molecule has 0 bridgehead atoms. The number of unbranched alkanes of at least 4 members (excludes halogenated alkanes) is 20. The molecule has 0 heterocycles. The number of esters is 2. The molecule has 1 amide bonds. The first kappa shape index (κ1) is 43.3. The zero-order valence-electron chi connectivity index (χ0n) is 28.4. The Balaban J connectivity index is 0. The van der Waals surface area contributed by atoms with Crippen LogP contribution in [0.25, 0.3) is 0 Å². The predicted octanol–water partition coefficient (Wildman–Crippen LogP) is 7.42. The van der Waals surface area contributed by atoms with Crippen LogP contribution in [-0.4, -0.2) is 44.3 Å². The van der Waals surface area contributed by atoms with Gasteiger partial charge < -0.3 is 30.4 Å². The largest absolute Gasteiger partial charge is 0.530 e. The molecule has 0 aromatic rings. The molecule has 0 atom stereocenters. The van der Waals surface area contributed by atoms with Gasteiger partial charge in [-0.3, -0.25) is 9.59 Å². The number of carbonyl (C=O) groups is 3. The topological polar surface area (TPSA) is 132 Å². The molecular formula is C35H70N2O6. The fourth-order valence-electron chi connectivity index (χ4n) is 4.73. The molecule has 0 aliphatic rings. The summed E-state index contributed by atoms with van der Waals surface area (Å²) in [5, 5.41) is 12.3. The first-order valence-corrected chi connectivity index (χ1v) is 18.0. The molecular weight excluding hydrogens is 544 g/mol. The van der Waals surface area contributed by atoms with Gasteiger partial charge >= 0.3 is 11.9 Å². The normalized spacial score (nSPS) is 10.6. The fourth-order valence-corrected chi connectivity index (χ4v) is 4.73. The number of quaternary nitrogens is 1. The molecule has 43 heavy (non-hydrogen) atoms. The van der Waals surface area contributed by atoms with Gasteiger partial charge in [0.15, 0.2) is 0 Å². The number of carbonyl (C=O) groups excluding carboxylic acids is 3. The molecule has 0 aliphatic heterocycles. The fraction of sp³-hybridized carbons (Fsp3) is 0.914. The number of amides is 1. The highest BCUT2D eigenvalue weighted by Crippen LogP contribution is 2.11. The first-order chi connectivity index (χ1) is 21.0. The molecule has 0 aliphatic carbocycles. The quantitative estimate of drug-likeness (QED) is 0.0617. The third-order valence-corrected chi connectivity index (χ3v) is 7.48. The minimum Gasteiger partial charge on any atom is -0.530 e. The minimum atomic E-state index is -1.25. The maximum atomic E-state index is 11.5. The van der Waals surface area contributed by atoms with Gasteiger partial charge in [0, 0.05) is 19.4 Å². The van der Waals surface area contributed by atoms with Crippen LogP contribution >= 0.6 is 0 Å². The molecule has 0 saturated carbocycles.